The first-order valence-electron chi connectivity index (χ1n) is 14.8. The van der Waals surface area contributed by atoms with Crippen molar-refractivity contribution in [2.24, 2.45) is 23.7 Å². The molecule has 220 valence electrons. The van der Waals surface area contributed by atoms with Gasteiger partial charge in [-0.1, -0.05) is 43.7 Å². The van der Waals surface area contributed by atoms with E-state index in [1.54, 1.807) is 18.2 Å². The van der Waals surface area contributed by atoms with Gasteiger partial charge in [0.2, 0.25) is 10.0 Å². The van der Waals surface area contributed by atoms with Crippen molar-refractivity contribution >= 4 is 33.2 Å². The van der Waals surface area contributed by atoms with Crippen LogP contribution in [-0.4, -0.2) is 51.0 Å². The van der Waals surface area contributed by atoms with Gasteiger partial charge in [-0.3, -0.25) is 4.79 Å². The van der Waals surface area contributed by atoms with Gasteiger partial charge in [-0.05, 0) is 97.2 Å². The number of benzene rings is 2. The van der Waals surface area contributed by atoms with E-state index >= 15 is 0 Å². The second kappa shape index (κ2) is 10.9. The highest BCUT2D eigenvalue weighted by Gasteiger charge is 2.44. The summed E-state index contributed by atoms with van der Waals surface area (Å²) >= 11 is 6.38. The summed E-state index contributed by atoms with van der Waals surface area (Å²) in [6, 6.07) is 11.4. The highest BCUT2D eigenvalue weighted by molar-refractivity contribution is 7.90. The summed E-state index contributed by atoms with van der Waals surface area (Å²) in [6.07, 6.45) is 8.11. The molecule has 2 aromatic carbocycles. The molecule has 6 atom stereocenters. The van der Waals surface area contributed by atoms with Gasteiger partial charge in [0, 0.05) is 29.1 Å². The minimum atomic E-state index is -3.86. The minimum Gasteiger partial charge on any atom is -0.490 e. The zero-order chi connectivity index (χ0) is 28.9. The van der Waals surface area contributed by atoms with E-state index in [9.17, 15) is 18.3 Å². The number of nitrogens with one attached hydrogen (secondary N) is 1. The van der Waals surface area contributed by atoms with Gasteiger partial charge in [0.25, 0.3) is 5.91 Å². The number of hydrogen-bond acceptors (Lipinski definition) is 6. The fourth-order valence-corrected chi connectivity index (χ4v) is 8.84. The zero-order valence-corrected chi connectivity index (χ0v) is 25.3. The van der Waals surface area contributed by atoms with E-state index < -0.39 is 22.0 Å². The van der Waals surface area contributed by atoms with Gasteiger partial charge < -0.3 is 14.7 Å². The number of hydrogen-bond donors (Lipinski definition) is 2. The van der Waals surface area contributed by atoms with Crippen molar-refractivity contribution in [2.75, 3.05) is 30.3 Å². The van der Waals surface area contributed by atoms with Gasteiger partial charge in [-0.25, -0.2) is 13.1 Å². The Hall–Kier alpha value is -2.55. The predicted octanol–water partition coefficient (Wildman–Crippen LogP) is 5.10. The largest absolute Gasteiger partial charge is 0.490 e. The molecule has 2 aliphatic heterocycles. The molecule has 0 radical (unpaired) electrons. The van der Waals surface area contributed by atoms with E-state index in [4.69, 9.17) is 16.3 Å². The number of aliphatic hydroxyl groups excluding tert-OH is 1. The second-order valence-corrected chi connectivity index (χ2v) is 14.9. The monoisotopic (exact) mass is 598 g/mol. The van der Waals surface area contributed by atoms with Gasteiger partial charge in [0.05, 0.1) is 24.2 Å². The van der Waals surface area contributed by atoms with Crippen molar-refractivity contribution in [3.05, 3.63) is 70.3 Å². The lowest BCUT2D eigenvalue weighted by molar-refractivity contribution is 0.0454. The number of carbonyl (C=O) groups is 1. The SMILES string of the molecule is C[C@@H]1/C=C\[C@H](O)[C@@H]2CC[C@H]2CN2C[C@@]3(CCCc4cc(Cl)ccc43)COc3ccc(cc32)C(=O)NS(=O)(=O)C[C@@H]1C. The van der Waals surface area contributed by atoms with Crippen LogP contribution in [0.15, 0.2) is 48.6 Å². The van der Waals surface area contributed by atoms with Crippen LogP contribution in [0.2, 0.25) is 5.02 Å². The highest BCUT2D eigenvalue weighted by Crippen LogP contribution is 2.46. The van der Waals surface area contributed by atoms with Gasteiger partial charge in [-0.2, -0.15) is 0 Å². The fourth-order valence-electron chi connectivity index (χ4n) is 7.17. The van der Waals surface area contributed by atoms with Crippen LogP contribution >= 0.6 is 11.6 Å². The third-order valence-electron chi connectivity index (χ3n) is 9.91. The Balaban J connectivity index is 1.42. The standard InChI is InChI=1S/C32H39ClN2O5S/c1-20-5-11-29(36)26-9-6-24(26)16-35-18-32(13-3-4-22-14-25(33)8-10-27(22)32)19-40-30-12-7-23(15-28(30)35)31(37)34-41(38,39)17-21(20)2/h5,7-8,10-12,14-15,20-21,24,26,29,36H,3-4,6,9,13,16-19H2,1-2H3,(H,34,37)/b11-5-/t20-,21+,24+,26-,29+,32+/m1/s1. The van der Waals surface area contributed by atoms with Crippen LogP contribution in [0.25, 0.3) is 0 Å². The van der Waals surface area contributed by atoms with Crippen molar-refractivity contribution < 1.29 is 23.1 Å². The summed E-state index contributed by atoms with van der Waals surface area (Å²) in [4.78, 5) is 15.6. The Bertz CT molecular complexity index is 1480. The topological polar surface area (TPSA) is 95.9 Å². The van der Waals surface area contributed by atoms with Crippen LogP contribution in [0.5, 0.6) is 5.75 Å². The lowest BCUT2D eigenvalue weighted by atomic mass is 9.68. The van der Waals surface area contributed by atoms with Crippen molar-refractivity contribution in [3.8, 4) is 5.75 Å². The van der Waals surface area contributed by atoms with Crippen LogP contribution in [-0.2, 0) is 21.9 Å². The molecule has 1 spiro atoms. The molecule has 4 aliphatic rings. The number of amides is 1. The van der Waals surface area contributed by atoms with E-state index in [0.717, 1.165) is 42.8 Å². The first-order chi connectivity index (χ1) is 19.5. The third-order valence-corrected chi connectivity index (χ3v) is 11.6. The smallest absolute Gasteiger partial charge is 0.264 e. The van der Waals surface area contributed by atoms with Crippen molar-refractivity contribution in [1.29, 1.82) is 0 Å². The van der Waals surface area contributed by atoms with E-state index in [1.165, 1.54) is 11.1 Å². The van der Waals surface area contributed by atoms with Gasteiger partial charge in [0.15, 0.2) is 0 Å². The molecule has 2 aromatic rings. The van der Waals surface area contributed by atoms with Gasteiger partial charge in [-0.15, -0.1) is 0 Å². The Morgan fingerprint density at radius 1 is 1.12 bits per heavy atom. The Kier molecular flexibility index (Phi) is 7.62. The van der Waals surface area contributed by atoms with Crippen molar-refractivity contribution in [1.82, 2.24) is 4.72 Å². The summed E-state index contributed by atoms with van der Waals surface area (Å²) in [7, 11) is -3.86. The molecule has 2 N–H and O–H groups in total. The summed E-state index contributed by atoms with van der Waals surface area (Å²) in [5, 5.41) is 11.9. The lowest BCUT2D eigenvalue weighted by Crippen LogP contribution is -2.49. The number of fused-ring (bicyclic) bond motifs is 4. The predicted molar refractivity (Wildman–Crippen MR) is 161 cm³/mol. The Morgan fingerprint density at radius 2 is 1.95 bits per heavy atom. The molecule has 2 aliphatic carbocycles. The molecule has 1 fully saturated rings. The van der Waals surface area contributed by atoms with Gasteiger partial charge >= 0.3 is 0 Å². The van der Waals surface area contributed by atoms with Gasteiger partial charge in [0.1, 0.15) is 5.75 Å². The molecule has 41 heavy (non-hydrogen) atoms. The summed E-state index contributed by atoms with van der Waals surface area (Å²) < 4.78 is 34.7. The number of allylic oxidation sites excluding steroid dienone is 1. The average molecular weight is 599 g/mol. The molecular formula is C32H39ClN2O5S. The number of aryl methyl sites for hydroxylation is 1. The summed E-state index contributed by atoms with van der Waals surface area (Å²) in [5.74, 6) is -0.0304. The lowest BCUT2D eigenvalue weighted by Gasteiger charge is -2.45. The summed E-state index contributed by atoms with van der Waals surface area (Å²) in [6.45, 7) is 5.71. The van der Waals surface area contributed by atoms with Crippen molar-refractivity contribution in [3.63, 3.8) is 0 Å². The number of aliphatic hydroxyl groups is 1. The maximum absolute atomic E-state index is 13.2. The maximum atomic E-state index is 13.2. The van der Waals surface area contributed by atoms with Crippen molar-refractivity contribution in [2.45, 2.75) is 57.5 Å². The molecule has 9 heteroatoms. The number of ether oxygens (including phenoxy) is 1. The van der Waals surface area contributed by atoms with Crippen LogP contribution in [0.4, 0.5) is 5.69 Å². The average Bonchev–Trinajstić information content (AvgIpc) is 3.05. The normalized spacial score (nSPS) is 33.8. The number of anilines is 1. The van der Waals surface area contributed by atoms with Crippen LogP contribution in [0.3, 0.4) is 0 Å². The van der Waals surface area contributed by atoms with E-state index in [2.05, 4.69) is 21.8 Å². The molecule has 2 bridgehead atoms. The fraction of sp³-hybridized carbons (Fsp3) is 0.531. The maximum Gasteiger partial charge on any atom is 0.264 e. The minimum absolute atomic E-state index is 0.0730. The quantitative estimate of drug-likeness (QED) is 0.410. The Morgan fingerprint density at radius 3 is 2.73 bits per heavy atom. The van der Waals surface area contributed by atoms with Crippen LogP contribution in [0, 0.1) is 23.7 Å². The molecule has 1 saturated carbocycles. The molecular weight excluding hydrogens is 560 g/mol. The number of carbonyl (C=O) groups excluding carboxylic acids is 1. The van der Waals surface area contributed by atoms with Crippen LogP contribution < -0.4 is 14.4 Å². The van der Waals surface area contributed by atoms with Crippen LogP contribution in [0.1, 0.15) is 61.0 Å². The van der Waals surface area contributed by atoms with E-state index in [-0.39, 0.29) is 40.4 Å². The number of halogens is 1. The third kappa shape index (κ3) is 5.63. The number of nitrogens with zero attached hydrogens (tertiary/aromatic N) is 1. The molecule has 7 nitrogen and oxygen atoms in total. The molecule has 0 aromatic heterocycles. The first-order valence-corrected chi connectivity index (χ1v) is 16.8. The molecule has 2 heterocycles. The van der Waals surface area contributed by atoms with E-state index in [0.29, 0.717) is 25.4 Å². The Labute approximate surface area is 248 Å². The second-order valence-electron chi connectivity index (χ2n) is 12.7. The number of rotatable bonds is 0. The van der Waals surface area contributed by atoms with E-state index in [1.807, 2.05) is 32.1 Å². The molecule has 6 rings (SSSR count). The zero-order valence-electron chi connectivity index (χ0n) is 23.7. The highest BCUT2D eigenvalue weighted by atomic mass is 35.5. The molecule has 0 unspecified atom stereocenters. The first kappa shape index (κ1) is 28.6. The summed E-state index contributed by atoms with van der Waals surface area (Å²) in [5.41, 5.74) is 3.33. The molecule has 0 saturated heterocycles. The number of sulfonamides is 1. The molecule has 1 amide bonds.